The molecular formula is C25H22N6O5. The van der Waals surface area contributed by atoms with Crippen LogP contribution >= 0.6 is 0 Å². The van der Waals surface area contributed by atoms with Crippen molar-refractivity contribution in [2.45, 2.75) is 6.92 Å². The fourth-order valence-electron chi connectivity index (χ4n) is 3.71. The summed E-state index contributed by atoms with van der Waals surface area (Å²) in [4.78, 5) is 24.7. The van der Waals surface area contributed by atoms with Crippen molar-refractivity contribution in [3.63, 3.8) is 0 Å². The first-order valence-electron chi connectivity index (χ1n) is 11.1. The summed E-state index contributed by atoms with van der Waals surface area (Å²) in [5, 5.41) is 20.6. The number of aromatic nitrogens is 5. The van der Waals surface area contributed by atoms with Crippen LogP contribution < -0.4 is 14.8 Å². The van der Waals surface area contributed by atoms with E-state index in [1.807, 2.05) is 18.2 Å². The average molecular weight is 486 g/mol. The van der Waals surface area contributed by atoms with Gasteiger partial charge in [-0.1, -0.05) is 11.2 Å². The maximum Gasteiger partial charge on any atom is 0.278 e. The van der Waals surface area contributed by atoms with Gasteiger partial charge in [-0.05, 0) is 60.1 Å². The molecule has 1 amide bonds. The molecule has 11 heteroatoms. The summed E-state index contributed by atoms with van der Waals surface area (Å²) in [7, 11) is 1.56. The highest BCUT2D eigenvalue weighted by Gasteiger charge is 2.15. The Hall–Kier alpha value is -4.93. The van der Waals surface area contributed by atoms with Gasteiger partial charge in [0.05, 0.1) is 30.3 Å². The van der Waals surface area contributed by atoms with Crippen LogP contribution in [0.25, 0.3) is 33.5 Å². The molecule has 0 fully saturated rings. The number of aryl methyl sites for hydroxylation is 1. The molecule has 36 heavy (non-hydrogen) atoms. The van der Waals surface area contributed by atoms with E-state index in [1.165, 1.54) is 0 Å². The average Bonchev–Trinajstić information content (AvgIpc) is 3.52. The molecule has 0 radical (unpaired) electrons. The second kappa shape index (κ2) is 9.74. The lowest BCUT2D eigenvalue weighted by Gasteiger charge is -2.09. The Kier molecular flexibility index (Phi) is 6.18. The predicted octanol–water partition coefficient (Wildman–Crippen LogP) is 3.51. The second-order valence-electron chi connectivity index (χ2n) is 7.87. The van der Waals surface area contributed by atoms with Gasteiger partial charge in [-0.15, -0.1) is 0 Å². The summed E-state index contributed by atoms with van der Waals surface area (Å²) in [6.07, 6.45) is 1.65. The van der Waals surface area contributed by atoms with Gasteiger partial charge in [0.2, 0.25) is 5.88 Å². The number of H-pyrrole nitrogens is 1. The minimum atomic E-state index is -0.270. The van der Waals surface area contributed by atoms with Crippen molar-refractivity contribution in [3.8, 4) is 40.0 Å². The van der Waals surface area contributed by atoms with Crippen LogP contribution in [0.2, 0.25) is 0 Å². The van der Waals surface area contributed by atoms with E-state index in [0.29, 0.717) is 39.9 Å². The number of methoxy groups -OCH3 is 1. The van der Waals surface area contributed by atoms with E-state index < -0.39 is 0 Å². The Balaban J connectivity index is 1.34. The van der Waals surface area contributed by atoms with Crippen molar-refractivity contribution in [3.05, 3.63) is 66.0 Å². The van der Waals surface area contributed by atoms with Gasteiger partial charge >= 0.3 is 0 Å². The molecule has 0 aliphatic carbocycles. The van der Waals surface area contributed by atoms with E-state index >= 15 is 0 Å². The molecule has 3 N–H and O–H groups in total. The Labute approximate surface area is 205 Å². The number of pyridine rings is 1. The fourth-order valence-corrected chi connectivity index (χ4v) is 3.71. The molecule has 0 saturated carbocycles. The highest BCUT2D eigenvalue weighted by molar-refractivity contribution is 5.97. The topological polar surface area (TPSA) is 148 Å². The van der Waals surface area contributed by atoms with E-state index in [1.54, 1.807) is 50.6 Å². The number of ether oxygens (including phenoxy) is 2. The van der Waals surface area contributed by atoms with Crippen molar-refractivity contribution in [2.75, 3.05) is 20.3 Å². The van der Waals surface area contributed by atoms with Gasteiger partial charge in [0.1, 0.15) is 23.9 Å². The molecule has 2 aromatic carbocycles. The third-order valence-electron chi connectivity index (χ3n) is 5.51. The molecule has 182 valence electrons. The van der Waals surface area contributed by atoms with Crippen molar-refractivity contribution < 1.29 is 24.0 Å². The molecule has 5 rings (SSSR count). The fraction of sp³-hybridized carbons (Fsp3) is 0.160. The zero-order chi connectivity index (χ0) is 25.1. The van der Waals surface area contributed by atoms with Crippen LogP contribution in [-0.2, 0) is 0 Å². The normalized spacial score (nSPS) is 10.9. The minimum absolute atomic E-state index is 0.0659. The Bertz CT molecular complexity index is 1540. The number of phenolic OH excluding ortho intramolecular Hbond substituents is 1. The van der Waals surface area contributed by atoms with E-state index in [2.05, 4.69) is 35.2 Å². The zero-order valence-corrected chi connectivity index (χ0v) is 19.5. The number of hydrogen-bond acceptors (Lipinski definition) is 9. The number of nitrogens with one attached hydrogen (secondary N) is 2. The number of hydrogen-bond donors (Lipinski definition) is 3. The van der Waals surface area contributed by atoms with E-state index in [4.69, 9.17) is 9.47 Å². The Morgan fingerprint density at radius 2 is 2.00 bits per heavy atom. The predicted molar refractivity (Wildman–Crippen MR) is 130 cm³/mol. The standard InChI is InChI=1S/C25H22N6O5/c1-14-24(31-36-30-14)35-11-10-26-23(33)16-5-7-19-20(13-16)29-22(28-19)18-12-15(6-8-21(18)32)17-4-3-9-27-25(17)34-2/h3-9,12-13,32H,10-11H2,1-2H3,(H,26,33)(H,28,29). The molecule has 11 nitrogen and oxygen atoms in total. The van der Waals surface area contributed by atoms with E-state index in [-0.39, 0.29) is 24.8 Å². The minimum Gasteiger partial charge on any atom is -0.507 e. The number of phenols is 1. The van der Waals surface area contributed by atoms with Gasteiger partial charge in [0, 0.05) is 17.3 Å². The first-order valence-corrected chi connectivity index (χ1v) is 11.1. The maximum absolute atomic E-state index is 12.6. The lowest BCUT2D eigenvalue weighted by molar-refractivity contribution is 0.0946. The van der Waals surface area contributed by atoms with Gasteiger partial charge in [-0.25, -0.2) is 14.6 Å². The lowest BCUT2D eigenvalue weighted by Crippen LogP contribution is -2.28. The second-order valence-corrected chi connectivity index (χ2v) is 7.87. The Morgan fingerprint density at radius 3 is 2.81 bits per heavy atom. The molecule has 3 heterocycles. The van der Waals surface area contributed by atoms with Gasteiger partial charge in [0.25, 0.3) is 11.8 Å². The monoisotopic (exact) mass is 486 g/mol. The van der Waals surface area contributed by atoms with E-state index in [9.17, 15) is 9.90 Å². The molecule has 5 aromatic rings. The number of benzene rings is 2. The van der Waals surface area contributed by atoms with Crippen LogP contribution in [0.3, 0.4) is 0 Å². The SMILES string of the molecule is COc1ncccc1-c1ccc(O)c(-c2nc3cc(C(=O)NCCOc4nonc4C)ccc3[nH]2)c1. The van der Waals surface area contributed by atoms with Crippen LogP contribution in [0.5, 0.6) is 17.5 Å². The summed E-state index contributed by atoms with van der Waals surface area (Å²) in [6.45, 7) is 2.20. The number of carbonyl (C=O) groups excluding carboxylic acids is 1. The van der Waals surface area contributed by atoms with Crippen LogP contribution in [0.1, 0.15) is 16.1 Å². The first-order chi connectivity index (χ1) is 17.5. The van der Waals surface area contributed by atoms with Gasteiger partial charge in [0.15, 0.2) is 0 Å². The molecule has 0 aliphatic rings. The van der Waals surface area contributed by atoms with Gasteiger partial charge < -0.3 is 24.9 Å². The lowest BCUT2D eigenvalue weighted by atomic mass is 10.0. The molecule has 0 unspecified atom stereocenters. The molecule has 0 aliphatic heterocycles. The number of nitrogens with zero attached hydrogens (tertiary/aromatic N) is 4. The van der Waals surface area contributed by atoms with Gasteiger partial charge in [-0.2, -0.15) is 0 Å². The molecule has 0 saturated heterocycles. The highest BCUT2D eigenvalue weighted by Crippen LogP contribution is 2.35. The number of carbonyl (C=O) groups is 1. The summed E-state index contributed by atoms with van der Waals surface area (Å²) in [6, 6.07) is 14.1. The number of imidazole rings is 1. The van der Waals surface area contributed by atoms with Crippen molar-refractivity contribution >= 4 is 16.9 Å². The van der Waals surface area contributed by atoms with Crippen LogP contribution in [0.15, 0.2) is 59.4 Å². The molecular weight excluding hydrogens is 464 g/mol. The van der Waals surface area contributed by atoms with Crippen LogP contribution in [0, 0.1) is 6.92 Å². The molecule has 0 atom stereocenters. The number of aromatic amines is 1. The molecule has 3 aromatic heterocycles. The smallest absolute Gasteiger partial charge is 0.278 e. The molecule has 0 spiro atoms. The van der Waals surface area contributed by atoms with Crippen molar-refractivity contribution in [1.82, 2.24) is 30.6 Å². The maximum atomic E-state index is 12.6. The van der Waals surface area contributed by atoms with Crippen molar-refractivity contribution in [1.29, 1.82) is 0 Å². The third kappa shape index (κ3) is 4.53. The van der Waals surface area contributed by atoms with Crippen molar-refractivity contribution in [2.24, 2.45) is 0 Å². The third-order valence-corrected chi connectivity index (χ3v) is 5.51. The summed E-state index contributed by atoms with van der Waals surface area (Å²) >= 11 is 0. The summed E-state index contributed by atoms with van der Waals surface area (Å²) in [5.74, 6) is 1.04. The zero-order valence-electron chi connectivity index (χ0n) is 19.5. The molecule has 0 bridgehead atoms. The first kappa shape index (κ1) is 22.8. The van der Waals surface area contributed by atoms with Crippen LogP contribution in [0.4, 0.5) is 0 Å². The number of amides is 1. The Morgan fingerprint density at radius 1 is 1.11 bits per heavy atom. The summed E-state index contributed by atoms with van der Waals surface area (Å²) in [5.41, 5.74) is 4.40. The van der Waals surface area contributed by atoms with Gasteiger partial charge in [-0.3, -0.25) is 4.79 Å². The largest absolute Gasteiger partial charge is 0.507 e. The number of aromatic hydroxyl groups is 1. The highest BCUT2D eigenvalue weighted by atomic mass is 16.6. The quantitative estimate of drug-likeness (QED) is 0.280. The van der Waals surface area contributed by atoms with E-state index in [0.717, 1.165) is 16.6 Å². The number of fused-ring (bicyclic) bond motifs is 1. The van der Waals surface area contributed by atoms with Crippen LogP contribution in [-0.4, -0.2) is 56.5 Å². The summed E-state index contributed by atoms with van der Waals surface area (Å²) < 4.78 is 15.4. The number of rotatable bonds is 8.